The largest absolute Gasteiger partial charge is 0.376 e. The molecular formula is C20H18O2. The van der Waals surface area contributed by atoms with Gasteiger partial charge in [-0.1, -0.05) is 71.5 Å². The second kappa shape index (κ2) is 7.48. The van der Waals surface area contributed by atoms with Crippen molar-refractivity contribution in [2.45, 2.75) is 26.1 Å². The molecule has 0 aliphatic rings. The molecule has 0 radical (unpaired) electrons. The van der Waals surface area contributed by atoms with Crippen molar-refractivity contribution in [2.75, 3.05) is 0 Å². The van der Waals surface area contributed by atoms with Gasteiger partial charge in [-0.15, -0.1) is 0 Å². The molecule has 0 saturated carbocycles. The van der Waals surface area contributed by atoms with Gasteiger partial charge in [-0.25, -0.2) is 0 Å². The lowest BCUT2D eigenvalue weighted by molar-refractivity contribution is 0.237. The number of hydrogen-bond donors (Lipinski definition) is 2. The van der Waals surface area contributed by atoms with Crippen LogP contribution in [-0.2, 0) is 0 Å². The first-order valence-electron chi connectivity index (χ1n) is 7.06. The lowest BCUT2D eigenvalue weighted by atomic mass is 10.1. The summed E-state index contributed by atoms with van der Waals surface area (Å²) >= 11 is 0. The molecular weight excluding hydrogens is 272 g/mol. The Kier molecular flexibility index (Phi) is 5.39. The summed E-state index contributed by atoms with van der Waals surface area (Å²) in [6.07, 6.45) is -1.74. The molecule has 0 aliphatic carbocycles. The minimum Gasteiger partial charge on any atom is -0.376 e. The van der Waals surface area contributed by atoms with Crippen LogP contribution in [0.1, 0.15) is 34.5 Å². The zero-order chi connectivity index (χ0) is 15.9. The molecule has 0 amide bonds. The van der Waals surface area contributed by atoms with Gasteiger partial charge >= 0.3 is 0 Å². The van der Waals surface area contributed by atoms with Crippen LogP contribution in [0.3, 0.4) is 0 Å². The van der Waals surface area contributed by atoms with Crippen molar-refractivity contribution in [2.24, 2.45) is 0 Å². The Hall–Kier alpha value is -2.52. The summed E-state index contributed by atoms with van der Waals surface area (Å²) in [6, 6.07) is 15.0. The van der Waals surface area contributed by atoms with Crippen LogP contribution in [0.15, 0.2) is 48.5 Å². The molecule has 2 unspecified atom stereocenters. The number of aryl methyl sites for hydroxylation is 2. The van der Waals surface area contributed by atoms with Crippen molar-refractivity contribution in [3.8, 4) is 23.7 Å². The van der Waals surface area contributed by atoms with Crippen LogP contribution >= 0.6 is 0 Å². The van der Waals surface area contributed by atoms with Gasteiger partial charge in [0, 0.05) is 0 Å². The van der Waals surface area contributed by atoms with Crippen LogP contribution in [0.25, 0.3) is 0 Å². The zero-order valence-electron chi connectivity index (χ0n) is 12.7. The van der Waals surface area contributed by atoms with E-state index in [0.717, 1.165) is 22.3 Å². The van der Waals surface area contributed by atoms with Gasteiger partial charge < -0.3 is 10.2 Å². The monoisotopic (exact) mass is 290 g/mol. The zero-order valence-corrected chi connectivity index (χ0v) is 12.7. The van der Waals surface area contributed by atoms with Crippen molar-refractivity contribution in [3.05, 3.63) is 70.8 Å². The second-order valence-electron chi connectivity index (χ2n) is 5.17. The Bertz CT molecular complexity index is 667. The molecule has 2 nitrogen and oxygen atoms in total. The summed E-state index contributed by atoms with van der Waals surface area (Å²) in [5.41, 5.74) is 3.73. The summed E-state index contributed by atoms with van der Waals surface area (Å²) in [5.74, 6) is 10.5. The highest BCUT2D eigenvalue weighted by Crippen LogP contribution is 2.13. The molecule has 110 valence electrons. The molecule has 0 heterocycles. The van der Waals surface area contributed by atoms with Gasteiger partial charge in [-0.3, -0.25) is 0 Å². The van der Waals surface area contributed by atoms with E-state index in [4.69, 9.17) is 0 Å². The van der Waals surface area contributed by atoms with E-state index < -0.39 is 12.2 Å². The summed E-state index contributed by atoms with van der Waals surface area (Å²) in [6.45, 7) is 3.97. The predicted octanol–water partition coefficient (Wildman–Crippen LogP) is 3.08. The molecule has 22 heavy (non-hydrogen) atoms. The van der Waals surface area contributed by atoms with E-state index in [1.807, 2.05) is 62.4 Å². The normalized spacial score (nSPS) is 12.4. The first-order valence-corrected chi connectivity index (χ1v) is 7.06. The number of rotatable bonds is 2. The minimum atomic E-state index is -0.869. The van der Waals surface area contributed by atoms with Crippen LogP contribution in [0.2, 0.25) is 0 Å². The van der Waals surface area contributed by atoms with Crippen molar-refractivity contribution in [1.29, 1.82) is 0 Å². The highest BCUT2D eigenvalue weighted by atomic mass is 16.3. The Morgan fingerprint density at radius 2 is 0.955 bits per heavy atom. The van der Waals surface area contributed by atoms with Crippen LogP contribution in [0, 0.1) is 37.5 Å². The fourth-order valence-electron chi connectivity index (χ4n) is 1.87. The fraction of sp³-hybridized carbons (Fsp3) is 0.200. The van der Waals surface area contributed by atoms with Crippen molar-refractivity contribution in [3.63, 3.8) is 0 Å². The highest BCUT2D eigenvalue weighted by molar-refractivity contribution is 5.36. The standard InChI is InChI=1S/C20H18O2/c1-15-7-11-17(12-8-15)19(21)5-3-4-6-20(22)18-13-9-16(2)10-14-18/h7-14,19-22H,1-2H3. The van der Waals surface area contributed by atoms with Gasteiger partial charge in [0.05, 0.1) is 0 Å². The van der Waals surface area contributed by atoms with Crippen LogP contribution < -0.4 is 0 Å². The number of aliphatic hydroxyl groups excluding tert-OH is 2. The number of aliphatic hydroxyl groups is 2. The molecule has 2 N–H and O–H groups in total. The maximum absolute atomic E-state index is 9.92. The third kappa shape index (κ3) is 4.50. The average Bonchev–Trinajstić information content (AvgIpc) is 2.52. The maximum atomic E-state index is 9.92. The van der Waals surface area contributed by atoms with Crippen molar-refractivity contribution < 1.29 is 10.2 Å². The van der Waals surface area contributed by atoms with E-state index in [-0.39, 0.29) is 0 Å². The van der Waals surface area contributed by atoms with E-state index in [2.05, 4.69) is 23.7 Å². The molecule has 0 fully saturated rings. The molecule has 0 aliphatic heterocycles. The fourth-order valence-corrected chi connectivity index (χ4v) is 1.87. The number of hydrogen-bond acceptors (Lipinski definition) is 2. The predicted molar refractivity (Wildman–Crippen MR) is 87.8 cm³/mol. The molecule has 0 aromatic heterocycles. The van der Waals surface area contributed by atoms with Gasteiger partial charge in [-0.2, -0.15) is 0 Å². The second-order valence-corrected chi connectivity index (χ2v) is 5.17. The van der Waals surface area contributed by atoms with Gasteiger partial charge in [-0.05, 0) is 36.8 Å². The van der Waals surface area contributed by atoms with Crippen LogP contribution in [0.4, 0.5) is 0 Å². The third-order valence-electron chi connectivity index (χ3n) is 3.27. The molecule has 2 atom stereocenters. The smallest absolute Gasteiger partial charge is 0.141 e. The Morgan fingerprint density at radius 1 is 0.636 bits per heavy atom. The quantitative estimate of drug-likeness (QED) is 0.835. The summed E-state index contributed by atoms with van der Waals surface area (Å²) in [4.78, 5) is 0. The Morgan fingerprint density at radius 3 is 1.27 bits per heavy atom. The average molecular weight is 290 g/mol. The first-order chi connectivity index (χ1) is 10.6. The lowest BCUT2D eigenvalue weighted by Crippen LogP contribution is -1.94. The van der Waals surface area contributed by atoms with Gasteiger partial charge in [0.25, 0.3) is 0 Å². The third-order valence-corrected chi connectivity index (χ3v) is 3.27. The van der Waals surface area contributed by atoms with Crippen molar-refractivity contribution >= 4 is 0 Å². The first kappa shape index (κ1) is 15.9. The summed E-state index contributed by atoms with van der Waals surface area (Å²) in [7, 11) is 0. The van der Waals surface area contributed by atoms with Gasteiger partial charge in [0.1, 0.15) is 12.2 Å². The van der Waals surface area contributed by atoms with Crippen LogP contribution in [0.5, 0.6) is 0 Å². The van der Waals surface area contributed by atoms with E-state index in [1.54, 1.807) is 0 Å². The molecule has 2 aromatic carbocycles. The molecule has 0 spiro atoms. The molecule has 2 rings (SSSR count). The lowest BCUT2D eigenvalue weighted by Gasteiger charge is -2.03. The topological polar surface area (TPSA) is 40.5 Å². The highest BCUT2D eigenvalue weighted by Gasteiger charge is 2.03. The summed E-state index contributed by atoms with van der Waals surface area (Å²) in [5, 5.41) is 19.8. The SMILES string of the molecule is Cc1ccc(C(O)C#CC#CC(O)c2ccc(C)cc2)cc1. The van der Waals surface area contributed by atoms with E-state index in [0.29, 0.717) is 0 Å². The maximum Gasteiger partial charge on any atom is 0.141 e. The molecule has 2 aromatic rings. The molecule has 0 saturated heterocycles. The van der Waals surface area contributed by atoms with E-state index in [9.17, 15) is 10.2 Å². The van der Waals surface area contributed by atoms with E-state index in [1.165, 1.54) is 0 Å². The Balaban J connectivity index is 2.01. The van der Waals surface area contributed by atoms with E-state index >= 15 is 0 Å². The Labute approximate surface area is 131 Å². The van der Waals surface area contributed by atoms with Crippen molar-refractivity contribution in [1.82, 2.24) is 0 Å². The van der Waals surface area contributed by atoms with Gasteiger partial charge in [0.15, 0.2) is 0 Å². The van der Waals surface area contributed by atoms with Crippen LogP contribution in [-0.4, -0.2) is 10.2 Å². The molecule has 2 heteroatoms. The minimum absolute atomic E-state index is 0.735. The molecule has 0 bridgehead atoms. The summed E-state index contributed by atoms with van der Waals surface area (Å²) < 4.78 is 0. The van der Waals surface area contributed by atoms with Gasteiger partial charge in [0.2, 0.25) is 0 Å². The number of benzene rings is 2.